The second-order valence-electron chi connectivity index (χ2n) is 4.47. The molecule has 0 aromatic rings. The van der Waals surface area contributed by atoms with E-state index >= 15 is 0 Å². The van der Waals surface area contributed by atoms with Gasteiger partial charge >= 0.3 is 6.18 Å². The summed E-state index contributed by atoms with van der Waals surface area (Å²) in [5.74, 6) is 0. The highest BCUT2D eigenvalue weighted by atomic mass is 19.4. The summed E-state index contributed by atoms with van der Waals surface area (Å²) in [7, 11) is 0. The zero-order chi connectivity index (χ0) is 12.0. The largest absolute Gasteiger partial charge is 0.401 e. The van der Waals surface area contributed by atoms with Crippen molar-refractivity contribution in [1.29, 1.82) is 0 Å². The number of halogens is 3. The first-order valence-corrected chi connectivity index (χ1v) is 6.04. The number of nitrogens with zero attached hydrogens (tertiary/aromatic N) is 1. The van der Waals surface area contributed by atoms with E-state index in [1.54, 1.807) is 0 Å². The lowest BCUT2D eigenvalue weighted by atomic mass is 10.0. The molecule has 0 radical (unpaired) electrons. The zero-order valence-corrected chi connectivity index (χ0v) is 9.82. The van der Waals surface area contributed by atoms with Crippen LogP contribution in [-0.4, -0.2) is 43.3 Å². The van der Waals surface area contributed by atoms with Crippen molar-refractivity contribution in [3.63, 3.8) is 0 Å². The molecule has 0 saturated carbocycles. The van der Waals surface area contributed by atoms with E-state index < -0.39 is 12.7 Å². The first-order chi connectivity index (χ1) is 7.51. The highest BCUT2D eigenvalue weighted by molar-refractivity contribution is 4.78. The van der Waals surface area contributed by atoms with Crippen molar-refractivity contribution in [2.24, 2.45) is 0 Å². The van der Waals surface area contributed by atoms with E-state index in [1.165, 1.54) is 4.90 Å². The summed E-state index contributed by atoms with van der Waals surface area (Å²) in [6, 6.07) is 0.413. The van der Waals surface area contributed by atoms with Crippen LogP contribution in [0.15, 0.2) is 0 Å². The van der Waals surface area contributed by atoms with Crippen LogP contribution in [0.4, 0.5) is 13.2 Å². The highest BCUT2D eigenvalue weighted by Crippen LogP contribution is 2.19. The molecule has 0 aromatic heterocycles. The summed E-state index contributed by atoms with van der Waals surface area (Å²) in [6.45, 7) is 3.48. The number of nitrogens with one attached hydrogen (secondary N) is 1. The number of alkyl halides is 3. The Kier molecular flexibility index (Phi) is 5.55. The monoisotopic (exact) mass is 238 g/mol. The number of rotatable bonds is 5. The lowest BCUT2D eigenvalue weighted by Crippen LogP contribution is -2.45. The topological polar surface area (TPSA) is 15.3 Å². The van der Waals surface area contributed by atoms with Crippen LogP contribution in [0.1, 0.15) is 32.6 Å². The average molecular weight is 238 g/mol. The predicted octanol–water partition coefficient (Wildman–Crippen LogP) is 2.40. The molecule has 0 aromatic carbocycles. The minimum Gasteiger partial charge on any atom is -0.314 e. The maximum absolute atomic E-state index is 12.1. The standard InChI is InChI=1S/C11H21F3N2/c1-2-3-6-15-10-4-7-16(8-5-10)9-11(12,13)14/h10,15H,2-9H2,1H3. The first kappa shape index (κ1) is 13.8. The van der Waals surface area contributed by atoms with Crippen molar-refractivity contribution in [2.75, 3.05) is 26.2 Å². The fraction of sp³-hybridized carbons (Fsp3) is 1.00. The summed E-state index contributed by atoms with van der Waals surface area (Å²) in [5, 5.41) is 3.40. The number of unbranched alkanes of at least 4 members (excludes halogenated alkanes) is 1. The molecule has 0 atom stereocenters. The van der Waals surface area contributed by atoms with Gasteiger partial charge in [-0.25, -0.2) is 0 Å². The molecule has 96 valence electrons. The number of likely N-dealkylation sites (tertiary alicyclic amines) is 1. The third kappa shape index (κ3) is 5.70. The number of hydrogen-bond acceptors (Lipinski definition) is 2. The predicted molar refractivity (Wildman–Crippen MR) is 58.4 cm³/mol. The fourth-order valence-corrected chi connectivity index (χ4v) is 2.03. The quantitative estimate of drug-likeness (QED) is 0.740. The molecule has 1 N–H and O–H groups in total. The van der Waals surface area contributed by atoms with Crippen LogP contribution in [0.3, 0.4) is 0 Å². The Balaban J connectivity index is 2.13. The highest BCUT2D eigenvalue weighted by Gasteiger charge is 2.32. The van der Waals surface area contributed by atoms with Crippen molar-refractivity contribution in [1.82, 2.24) is 10.2 Å². The van der Waals surface area contributed by atoms with E-state index in [0.717, 1.165) is 32.2 Å². The number of hydrogen-bond donors (Lipinski definition) is 1. The van der Waals surface area contributed by atoms with Gasteiger partial charge in [0.05, 0.1) is 6.54 Å². The van der Waals surface area contributed by atoms with E-state index in [4.69, 9.17) is 0 Å². The Labute approximate surface area is 95.2 Å². The van der Waals surface area contributed by atoms with Gasteiger partial charge in [-0.1, -0.05) is 13.3 Å². The van der Waals surface area contributed by atoms with E-state index in [0.29, 0.717) is 19.1 Å². The van der Waals surface area contributed by atoms with Crippen LogP contribution in [0.25, 0.3) is 0 Å². The minimum atomic E-state index is -4.05. The maximum atomic E-state index is 12.1. The molecule has 0 spiro atoms. The van der Waals surface area contributed by atoms with E-state index in [1.807, 2.05) is 0 Å². The molecular formula is C11H21F3N2. The van der Waals surface area contributed by atoms with Gasteiger partial charge in [-0.2, -0.15) is 13.2 Å². The molecule has 1 fully saturated rings. The Morgan fingerprint density at radius 3 is 2.38 bits per heavy atom. The summed E-state index contributed by atoms with van der Waals surface area (Å²) in [5.41, 5.74) is 0. The fourth-order valence-electron chi connectivity index (χ4n) is 2.03. The Morgan fingerprint density at radius 1 is 1.25 bits per heavy atom. The van der Waals surface area contributed by atoms with Gasteiger partial charge in [0.2, 0.25) is 0 Å². The third-order valence-corrected chi connectivity index (χ3v) is 2.95. The number of piperidine rings is 1. The Bertz CT molecular complexity index is 186. The van der Waals surface area contributed by atoms with Crippen molar-refractivity contribution < 1.29 is 13.2 Å². The Hall–Kier alpha value is -0.290. The van der Waals surface area contributed by atoms with Crippen molar-refractivity contribution in [2.45, 2.75) is 44.8 Å². The zero-order valence-electron chi connectivity index (χ0n) is 9.82. The molecule has 5 heteroatoms. The lowest BCUT2D eigenvalue weighted by molar-refractivity contribution is -0.148. The summed E-state index contributed by atoms with van der Waals surface area (Å²) in [6.07, 6.45) is -0.0925. The minimum absolute atomic E-state index is 0.413. The van der Waals surface area contributed by atoms with E-state index in [-0.39, 0.29) is 0 Å². The molecule has 16 heavy (non-hydrogen) atoms. The van der Waals surface area contributed by atoms with Gasteiger partial charge in [0.25, 0.3) is 0 Å². The SMILES string of the molecule is CCCCNC1CCN(CC(F)(F)F)CC1. The van der Waals surface area contributed by atoms with Gasteiger partial charge in [0.1, 0.15) is 0 Å². The molecule has 1 saturated heterocycles. The molecule has 1 heterocycles. The third-order valence-electron chi connectivity index (χ3n) is 2.95. The summed E-state index contributed by atoms with van der Waals surface area (Å²) >= 11 is 0. The van der Waals surface area contributed by atoms with Crippen molar-refractivity contribution in [3.8, 4) is 0 Å². The smallest absolute Gasteiger partial charge is 0.314 e. The second-order valence-corrected chi connectivity index (χ2v) is 4.47. The van der Waals surface area contributed by atoms with Crippen LogP contribution >= 0.6 is 0 Å². The van der Waals surface area contributed by atoms with Crippen LogP contribution < -0.4 is 5.32 Å². The lowest BCUT2D eigenvalue weighted by Gasteiger charge is -2.32. The molecular weight excluding hydrogens is 217 g/mol. The van der Waals surface area contributed by atoms with Crippen LogP contribution in [-0.2, 0) is 0 Å². The van der Waals surface area contributed by atoms with E-state index in [2.05, 4.69) is 12.2 Å². The van der Waals surface area contributed by atoms with Crippen LogP contribution in [0, 0.1) is 0 Å². The molecule has 0 amide bonds. The van der Waals surface area contributed by atoms with Gasteiger partial charge in [-0.3, -0.25) is 4.90 Å². The van der Waals surface area contributed by atoms with Crippen molar-refractivity contribution in [3.05, 3.63) is 0 Å². The Morgan fingerprint density at radius 2 is 1.88 bits per heavy atom. The molecule has 0 unspecified atom stereocenters. The summed E-state index contributed by atoms with van der Waals surface area (Å²) < 4.78 is 36.4. The summed E-state index contributed by atoms with van der Waals surface area (Å²) in [4.78, 5) is 1.50. The van der Waals surface area contributed by atoms with Gasteiger partial charge in [-0.05, 0) is 38.9 Å². The van der Waals surface area contributed by atoms with Gasteiger partial charge in [0, 0.05) is 6.04 Å². The molecule has 0 aliphatic carbocycles. The molecule has 1 rings (SSSR count). The van der Waals surface area contributed by atoms with Gasteiger partial charge < -0.3 is 5.32 Å². The van der Waals surface area contributed by atoms with Gasteiger partial charge in [-0.15, -0.1) is 0 Å². The van der Waals surface area contributed by atoms with E-state index in [9.17, 15) is 13.2 Å². The average Bonchev–Trinajstić information content (AvgIpc) is 2.19. The normalized spacial score (nSPS) is 20.2. The maximum Gasteiger partial charge on any atom is 0.401 e. The van der Waals surface area contributed by atoms with Crippen LogP contribution in [0.5, 0.6) is 0 Å². The van der Waals surface area contributed by atoms with Gasteiger partial charge in [0.15, 0.2) is 0 Å². The molecule has 1 aliphatic rings. The second kappa shape index (κ2) is 6.45. The first-order valence-electron chi connectivity index (χ1n) is 6.04. The van der Waals surface area contributed by atoms with Crippen molar-refractivity contribution >= 4 is 0 Å². The van der Waals surface area contributed by atoms with Crippen LogP contribution in [0.2, 0.25) is 0 Å². The molecule has 0 bridgehead atoms. The molecule has 1 aliphatic heterocycles. The molecule has 2 nitrogen and oxygen atoms in total.